The van der Waals surface area contributed by atoms with Crippen molar-refractivity contribution in [3.63, 3.8) is 0 Å². The topological polar surface area (TPSA) is 65.7 Å². The smallest absolute Gasteiger partial charge is 0.417 e. The molecule has 8 heteroatoms. The number of unbranched alkanes of at least 4 members (excludes halogenated alkanes) is 2. The van der Waals surface area contributed by atoms with Crippen LogP contribution in [0.1, 0.15) is 44.2 Å². The molecule has 1 heterocycles. The Bertz CT molecular complexity index is 1260. The molecule has 0 radical (unpaired) electrons. The summed E-state index contributed by atoms with van der Waals surface area (Å²) >= 11 is 0. The van der Waals surface area contributed by atoms with Gasteiger partial charge in [0.25, 0.3) is 0 Å². The second-order valence-corrected chi connectivity index (χ2v) is 7.96. The predicted octanol–water partition coefficient (Wildman–Crippen LogP) is 6.67. The summed E-state index contributed by atoms with van der Waals surface area (Å²) in [6.45, 7) is 6.60. The summed E-state index contributed by atoms with van der Waals surface area (Å²) in [6, 6.07) is 9.90. The van der Waals surface area contributed by atoms with Crippen molar-refractivity contribution in [3.05, 3.63) is 76.2 Å². The van der Waals surface area contributed by atoms with Crippen molar-refractivity contribution in [2.24, 2.45) is 0 Å². The first-order valence-corrected chi connectivity index (χ1v) is 10.8. The molecule has 0 fully saturated rings. The summed E-state index contributed by atoms with van der Waals surface area (Å²) in [5.74, 6) is -0.362. The third-order valence-corrected chi connectivity index (χ3v) is 5.22. The van der Waals surface area contributed by atoms with Crippen LogP contribution in [0.15, 0.2) is 63.8 Å². The lowest BCUT2D eigenvalue weighted by Gasteiger charge is -2.15. The Morgan fingerprint density at radius 2 is 1.82 bits per heavy atom. The van der Waals surface area contributed by atoms with E-state index in [2.05, 4.69) is 6.58 Å². The zero-order chi connectivity index (χ0) is 24.9. The molecule has 0 aliphatic heterocycles. The molecule has 0 unspecified atom stereocenters. The zero-order valence-corrected chi connectivity index (χ0v) is 19.0. The number of ether oxygens (including phenoxy) is 2. The number of carbonyl (C=O) groups is 1. The quantitative estimate of drug-likeness (QED) is 0.114. The van der Waals surface area contributed by atoms with Crippen LogP contribution in [0.5, 0.6) is 5.75 Å². The van der Waals surface area contributed by atoms with Crippen LogP contribution < -0.4 is 10.4 Å². The molecule has 0 amide bonds. The van der Waals surface area contributed by atoms with E-state index >= 15 is 0 Å². The second kappa shape index (κ2) is 10.6. The maximum atomic E-state index is 13.8. The van der Waals surface area contributed by atoms with Crippen LogP contribution in [-0.2, 0) is 22.1 Å². The molecule has 3 rings (SSSR count). The Kier molecular flexibility index (Phi) is 7.81. The second-order valence-electron chi connectivity index (χ2n) is 7.96. The van der Waals surface area contributed by atoms with E-state index in [1.54, 1.807) is 12.1 Å². The molecular formula is C26H25F3O5. The number of hydrogen-bond donors (Lipinski definition) is 0. The first-order valence-electron chi connectivity index (χ1n) is 10.8. The van der Waals surface area contributed by atoms with Gasteiger partial charge in [0, 0.05) is 22.6 Å². The average molecular weight is 474 g/mol. The Hall–Kier alpha value is -3.55. The van der Waals surface area contributed by atoms with Gasteiger partial charge < -0.3 is 13.9 Å². The molecule has 2 aromatic carbocycles. The Morgan fingerprint density at radius 3 is 2.50 bits per heavy atom. The van der Waals surface area contributed by atoms with Crippen LogP contribution >= 0.6 is 0 Å². The van der Waals surface area contributed by atoms with Crippen molar-refractivity contribution in [2.45, 2.75) is 45.7 Å². The van der Waals surface area contributed by atoms with E-state index in [0.717, 1.165) is 25.3 Å². The fraction of sp³-hybridized carbons (Fsp3) is 0.308. The third-order valence-electron chi connectivity index (χ3n) is 5.22. The molecule has 0 saturated heterocycles. The van der Waals surface area contributed by atoms with Crippen molar-refractivity contribution < 1.29 is 31.9 Å². The molecule has 0 aliphatic rings. The molecule has 0 bridgehead atoms. The monoisotopic (exact) mass is 474 g/mol. The molecule has 0 aliphatic carbocycles. The highest BCUT2D eigenvalue weighted by Gasteiger charge is 2.34. The molecule has 3 aromatic rings. The van der Waals surface area contributed by atoms with E-state index < -0.39 is 23.3 Å². The maximum absolute atomic E-state index is 13.8. The van der Waals surface area contributed by atoms with E-state index in [-0.39, 0.29) is 34.8 Å². The van der Waals surface area contributed by atoms with Gasteiger partial charge in [0.05, 0.1) is 11.1 Å². The minimum absolute atomic E-state index is 0.127. The zero-order valence-electron chi connectivity index (χ0n) is 19.0. The highest BCUT2D eigenvalue weighted by Crippen LogP contribution is 2.38. The number of aryl methyl sites for hydroxylation is 1. The van der Waals surface area contributed by atoms with Gasteiger partial charge in [0.2, 0.25) is 6.79 Å². The van der Waals surface area contributed by atoms with E-state index in [4.69, 9.17) is 13.9 Å². The van der Waals surface area contributed by atoms with E-state index in [1.165, 1.54) is 31.2 Å². The molecule has 5 nitrogen and oxygen atoms in total. The lowest BCUT2D eigenvalue weighted by atomic mass is 9.95. The summed E-state index contributed by atoms with van der Waals surface area (Å²) < 4.78 is 57.0. The van der Waals surface area contributed by atoms with Crippen LogP contribution in [0.25, 0.3) is 22.1 Å². The van der Waals surface area contributed by atoms with E-state index in [9.17, 15) is 22.8 Å². The molecular weight excluding hydrogens is 449 g/mol. The standard InChI is InChI=1S/C26H25F3O5/c1-4-5-6-7-17-8-11-20(22(12-17)26(27,28)29)21-13-18-9-10-19(14-23(18)34-25(21)31)32-15-33-24(30)16(2)3/h8-14H,2,4-7,15H2,1,3H3. The van der Waals surface area contributed by atoms with Crippen molar-refractivity contribution >= 4 is 16.9 Å². The fourth-order valence-electron chi connectivity index (χ4n) is 3.44. The van der Waals surface area contributed by atoms with Gasteiger partial charge in [-0.1, -0.05) is 38.5 Å². The molecule has 34 heavy (non-hydrogen) atoms. The van der Waals surface area contributed by atoms with Crippen LogP contribution in [0, 0.1) is 0 Å². The summed E-state index contributed by atoms with van der Waals surface area (Å²) in [4.78, 5) is 24.0. The SMILES string of the molecule is C=C(C)C(=O)OCOc1ccc2cc(-c3ccc(CCCCC)cc3C(F)(F)F)c(=O)oc2c1. The highest BCUT2D eigenvalue weighted by atomic mass is 19.4. The normalized spacial score (nSPS) is 11.4. The van der Waals surface area contributed by atoms with Crippen molar-refractivity contribution in [1.29, 1.82) is 0 Å². The summed E-state index contributed by atoms with van der Waals surface area (Å²) in [7, 11) is 0. The number of fused-ring (bicyclic) bond motifs is 1. The van der Waals surface area contributed by atoms with Crippen LogP contribution in [0.4, 0.5) is 13.2 Å². The number of esters is 1. The number of halogens is 3. The Morgan fingerprint density at radius 1 is 1.06 bits per heavy atom. The minimum Gasteiger partial charge on any atom is -0.457 e. The first-order chi connectivity index (χ1) is 16.1. The van der Waals surface area contributed by atoms with Crippen LogP contribution in [0.3, 0.4) is 0 Å². The van der Waals surface area contributed by atoms with E-state index in [1.807, 2.05) is 6.92 Å². The van der Waals surface area contributed by atoms with Crippen molar-refractivity contribution in [3.8, 4) is 16.9 Å². The van der Waals surface area contributed by atoms with Gasteiger partial charge in [-0.15, -0.1) is 0 Å². The number of alkyl halides is 3. The van der Waals surface area contributed by atoms with Gasteiger partial charge >= 0.3 is 17.8 Å². The Labute approximate surface area is 194 Å². The van der Waals surface area contributed by atoms with Crippen molar-refractivity contribution in [1.82, 2.24) is 0 Å². The van der Waals surface area contributed by atoms with Gasteiger partial charge in [0.15, 0.2) is 0 Å². The molecule has 0 spiro atoms. The molecule has 0 N–H and O–H groups in total. The fourth-order valence-corrected chi connectivity index (χ4v) is 3.44. The maximum Gasteiger partial charge on any atom is 0.417 e. The van der Waals surface area contributed by atoms with Gasteiger partial charge in [-0.3, -0.25) is 0 Å². The lowest BCUT2D eigenvalue weighted by molar-refractivity contribution is -0.145. The molecule has 180 valence electrons. The highest BCUT2D eigenvalue weighted by molar-refractivity contribution is 5.87. The summed E-state index contributed by atoms with van der Waals surface area (Å²) in [5, 5.41) is 0.418. The number of rotatable bonds is 9. The minimum atomic E-state index is -4.63. The van der Waals surface area contributed by atoms with Gasteiger partial charge in [-0.2, -0.15) is 13.2 Å². The third kappa shape index (κ3) is 6.07. The van der Waals surface area contributed by atoms with E-state index in [0.29, 0.717) is 17.4 Å². The number of benzene rings is 2. The molecule has 0 saturated carbocycles. The predicted molar refractivity (Wildman–Crippen MR) is 123 cm³/mol. The van der Waals surface area contributed by atoms with Crippen LogP contribution in [0.2, 0.25) is 0 Å². The number of carbonyl (C=O) groups excluding carboxylic acids is 1. The average Bonchev–Trinajstić information content (AvgIpc) is 2.78. The van der Waals surface area contributed by atoms with Crippen molar-refractivity contribution in [2.75, 3.05) is 6.79 Å². The van der Waals surface area contributed by atoms with Gasteiger partial charge in [-0.05, 0) is 49.6 Å². The first kappa shape index (κ1) is 25.1. The largest absolute Gasteiger partial charge is 0.457 e. The van der Waals surface area contributed by atoms with Gasteiger partial charge in [0.1, 0.15) is 11.3 Å². The summed E-state index contributed by atoms with van der Waals surface area (Å²) in [6.07, 6.45) is -1.40. The summed E-state index contributed by atoms with van der Waals surface area (Å²) in [5.41, 5.74) is -1.26. The molecule has 1 aromatic heterocycles. The molecule has 0 atom stereocenters. The number of hydrogen-bond acceptors (Lipinski definition) is 5. The van der Waals surface area contributed by atoms with Gasteiger partial charge in [-0.25, -0.2) is 9.59 Å². The van der Waals surface area contributed by atoms with Crippen LogP contribution in [-0.4, -0.2) is 12.8 Å². The lowest BCUT2D eigenvalue weighted by Crippen LogP contribution is -2.12. The Balaban J connectivity index is 1.92.